The minimum Gasteiger partial charge on any atom is -0.497 e. The molecule has 0 radical (unpaired) electrons. The molecule has 2 rings (SSSR count). The third-order valence-electron chi connectivity index (χ3n) is 4.27. The maximum Gasteiger partial charge on any atom is 0.193 e. The summed E-state index contributed by atoms with van der Waals surface area (Å²) in [5, 5.41) is 4.20. The van der Waals surface area contributed by atoms with Crippen molar-refractivity contribution in [2.24, 2.45) is 4.99 Å². The van der Waals surface area contributed by atoms with E-state index in [1.807, 2.05) is 25.2 Å². The molecule has 1 fully saturated rings. The molecular weight excluding hydrogens is 322 g/mol. The van der Waals surface area contributed by atoms with Crippen molar-refractivity contribution in [3.05, 3.63) is 23.8 Å². The van der Waals surface area contributed by atoms with E-state index >= 15 is 0 Å². The Bertz CT molecular complexity index is 551. The van der Waals surface area contributed by atoms with E-state index in [0.29, 0.717) is 5.25 Å². The highest BCUT2D eigenvalue weighted by Gasteiger charge is 2.21. The van der Waals surface area contributed by atoms with Gasteiger partial charge in [0.1, 0.15) is 11.5 Å². The molecule has 24 heavy (non-hydrogen) atoms. The van der Waals surface area contributed by atoms with Crippen molar-refractivity contribution in [1.29, 1.82) is 0 Å². The molecular formula is C18H29N3O2S. The van der Waals surface area contributed by atoms with Crippen LogP contribution in [0.1, 0.15) is 18.9 Å². The molecule has 1 saturated heterocycles. The molecule has 6 heteroatoms. The van der Waals surface area contributed by atoms with Crippen molar-refractivity contribution >= 4 is 17.7 Å². The molecule has 0 aromatic heterocycles. The molecule has 1 aromatic rings. The van der Waals surface area contributed by atoms with Gasteiger partial charge in [-0.15, -0.1) is 0 Å². The monoisotopic (exact) mass is 351 g/mol. The molecule has 1 atom stereocenters. The first-order valence-electron chi connectivity index (χ1n) is 8.49. The van der Waals surface area contributed by atoms with Crippen LogP contribution < -0.4 is 14.8 Å². The Morgan fingerprint density at radius 3 is 2.88 bits per heavy atom. The number of nitrogens with one attached hydrogen (secondary N) is 1. The van der Waals surface area contributed by atoms with E-state index in [2.05, 4.69) is 33.9 Å². The number of nitrogens with zero attached hydrogens (tertiary/aromatic N) is 2. The van der Waals surface area contributed by atoms with Gasteiger partial charge in [-0.05, 0) is 36.6 Å². The zero-order chi connectivity index (χ0) is 17.4. The summed E-state index contributed by atoms with van der Waals surface area (Å²) < 4.78 is 10.8. The molecule has 5 nitrogen and oxygen atoms in total. The zero-order valence-electron chi connectivity index (χ0n) is 15.2. The summed E-state index contributed by atoms with van der Waals surface area (Å²) in [4.78, 5) is 6.82. The van der Waals surface area contributed by atoms with Crippen LogP contribution >= 0.6 is 11.8 Å². The number of rotatable bonds is 6. The van der Waals surface area contributed by atoms with Crippen molar-refractivity contribution in [3.8, 4) is 11.5 Å². The second-order valence-electron chi connectivity index (χ2n) is 5.75. The standard InChI is InChI=1S/C18H29N3O2S/c1-5-16-13-21(10-11-24-16)18(19-2)20-9-8-14-12-15(22-3)6-7-17(14)23-4/h6-7,12,16H,5,8-11,13H2,1-4H3,(H,19,20). The van der Waals surface area contributed by atoms with Gasteiger partial charge in [0.2, 0.25) is 0 Å². The molecule has 1 aromatic carbocycles. The van der Waals surface area contributed by atoms with Crippen LogP contribution in [0.25, 0.3) is 0 Å². The summed E-state index contributed by atoms with van der Waals surface area (Å²) in [7, 11) is 5.25. The first kappa shape index (κ1) is 18.8. The molecule has 134 valence electrons. The first-order valence-corrected chi connectivity index (χ1v) is 9.54. The molecule has 0 amide bonds. The molecule has 0 saturated carbocycles. The lowest BCUT2D eigenvalue weighted by molar-refractivity contribution is 0.397. The highest BCUT2D eigenvalue weighted by Crippen LogP contribution is 2.24. The average Bonchev–Trinajstić information content (AvgIpc) is 2.65. The van der Waals surface area contributed by atoms with Gasteiger partial charge in [-0.2, -0.15) is 11.8 Å². The lowest BCUT2D eigenvalue weighted by atomic mass is 10.1. The van der Waals surface area contributed by atoms with Crippen LogP contribution in [0.2, 0.25) is 0 Å². The Morgan fingerprint density at radius 1 is 1.38 bits per heavy atom. The number of benzene rings is 1. The Morgan fingerprint density at radius 2 is 2.21 bits per heavy atom. The third-order valence-corrected chi connectivity index (χ3v) is 5.64. The van der Waals surface area contributed by atoms with Crippen LogP contribution in [0, 0.1) is 0 Å². The van der Waals surface area contributed by atoms with E-state index < -0.39 is 0 Å². The first-order chi connectivity index (χ1) is 11.7. The van der Waals surface area contributed by atoms with E-state index in [4.69, 9.17) is 9.47 Å². The van der Waals surface area contributed by atoms with E-state index in [0.717, 1.165) is 49.1 Å². The topological polar surface area (TPSA) is 46.1 Å². The predicted molar refractivity (Wildman–Crippen MR) is 103 cm³/mol. The Kier molecular flexibility index (Phi) is 7.56. The third kappa shape index (κ3) is 4.97. The smallest absolute Gasteiger partial charge is 0.193 e. The molecule has 0 aliphatic carbocycles. The van der Waals surface area contributed by atoms with Gasteiger partial charge in [-0.1, -0.05) is 6.92 Å². The molecule has 1 aliphatic heterocycles. The highest BCUT2D eigenvalue weighted by molar-refractivity contribution is 8.00. The second kappa shape index (κ2) is 9.67. The number of thioether (sulfide) groups is 1. The van der Waals surface area contributed by atoms with Crippen LogP contribution in [0.4, 0.5) is 0 Å². The summed E-state index contributed by atoms with van der Waals surface area (Å²) in [6.45, 7) is 5.20. The van der Waals surface area contributed by atoms with Crippen molar-refractivity contribution in [1.82, 2.24) is 10.2 Å². The van der Waals surface area contributed by atoms with Gasteiger partial charge in [0.25, 0.3) is 0 Å². The van der Waals surface area contributed by atoms with E-state index in [1.165, 1.54) is 12.2 Å². The lowest BCUT2D eigenvalue weighted by Crippen LogP contribution is -2.48. The van der Waals surface area contributed by atoms with Crippen LogP contribution in [-0.4, -0.2) is 62.8 Å². The fourth-order valence-corrected chi connectivity index (χ4v) is 4.06. The maximum absolute atomic E-state index is 5.45. The van der Waals surface area contributed by atoms with Gasteiger partial charge < -0.3 is 19.7 Å². The summed E-state index contributed by atoms with van der Waals surface area (Å²) in [5.41, 5.74) is 1.14. The van der Waals surface area contributed by atoms with E-state index in [1.54, 1.807) is 14.2 Å². The zero-order valence-corrected chi connectivity index (χ0v) is 16.0. The molecule has 1 aliphatic rings. The minimum absolute atomic E-state index is 0.704. The summed E-state index contributed by atoms with van der Waals surface area (Å²) in [6, 6.07) is 5.91. The summed E-state index contributed by atoms with van der Waals surface area (Å²) in [6.07, 6.45) is 2.07. The van der Waals surface area contributed by atoms with Gasteiger partial charge >= 0.3 is 0 Å². The number of aliphatic imine (C=N–C) groups is 1. The molecule has 1 unspecified atom stereocenters. The Labute approximate surface area is 149 Å². The Hall–Kier alpha value is -1.56. The number of hydrogen-bond acceptors (Lipinski definition) is 4. The molecule has 1 heterocycles. The Balaban J connectivity index is 1.92. The number of ether oxygens (including phenoxy) is 2. The highest BCUT2D eigenvalue weighted by atomic mass is 32.2. The van der Waals surface area contributed by atoms with Crippen LogP contribution in [-0.2, 0) is 6.42 Å². The number of hydrogen-bond donors (Lipinski definition) is 1. The maximum atomic E-state index is 5.45. The molecule has 0 bridgehead atoms. The predicted octanol–water partition coefficient (Wildman–Crippen LogP) is 2.65. The van der Waals surface area contributed by atoms with Gasteiger partial charge in [0, 0.05) is 37.7 Å². The average molecular weight is 352 g/mol. The fraction of sp³-hybridized carbons (Fsp3) is 0.611. The van der Waals surface area contributed by atoms with Crippen molar-refractivity contribution in [2.75, 3.05) is 46.7 Å². The largest absolute Gasteiger partial charge is 0.497 e. The van der Waals surface area contributed by atoms with E-state index in [-0.39, 0.29) is 0 Å². The van der Waals surface area contributed by atoms with E-state index in [9.17, 15) is 0 Å². The van der Waals surface area contributed by atoms with Gasteiger partial charge in [-0.25, -0.2) is 0 Å². The quantitative estimate of drug-likeness (QED) is 0.631. The number of guanidine groups is 1. The SMILES string of the molecule is CCC1CN(C(=NC)NCCc2cc(OC)ccc2OC)CCS1. The normalized spacial score (nSPS) is 18.4. The van der Waals surface area contributed by atoms with Crippen LogP contribution in [0.5, 0.6) is 11.5 Å². The van der Waals surface area contributed by atoms with Crippen molar-refractivity contribution in [3.63, 3.8) is 0 Å². The molecule has 1 N–H and O–H groups in total. The fourth-order valence-electron chi connectivity index (χ4n) is 2.88. The lowest BCUT2D eigenvalue weighted by Gasteiger charge is -2.34. The second-order valence-corrected chi connectivity index (χ2v) is 7.16. The summed E-state index contributed by atoms with van der Waals surface area (Å²) >= 11 is 2.07. The van der Waals surface area contributed by atoms with Gasteiger partial charge in [-0.3, -0.25) is 4.99 Å². The van der Waals surface area contributed by atoms with Gasteiger partial charge in [0.15, 0.2) is 5.96 Å². The van der Waals surface area contributed by atoms with Crippen molar-refractivity contribution < 1.29 is 9.47 Å². The summed E-state index contributed by atoms with van der Waals surface area (Å²) in [5.74, 6) is 3.92. The molecule has 0 spiro atoms. The van der Waals surface area contributed by atoms with Crippen molar-refractivity contribution in [2.45, 2.75) is 25.0 Å². The van der Waals surface area contributed by atoms with Gasteiger partial charge in [0.05, 0.1) is 14.2 Å². The number of methoxy groups -OCH3 is 2. The van der Waals surface area contributed by atoms with Crippen LogP contribution in [0.3, 0.4) is 0 Å². The minimum atomic E-state index is 0.704. The van der Waals surface area contributed by atoms with Crippen LogP contribution in [0.15, 0.2) is 23.2 Å².